The van der Waals surface area contributed by atoms with E-state index in [1.165, 1.54) is 38.8 Å². The zero-order valence-corrected chi connectivity index (χ0v) is 11.4. The Balaban J connectivity index is 1.65. The van der Waals surface area contributed by atoms with Crippen molar-refractivity contribution in [3.63, 3.8) is 0 Å². The summed E-state index contributed by atoms with van der Waals surface area (Å²) < 4.78 is 0.801. The number of hydrogen-bond acceptors (Lipinski definition) is 4. The van der Waals surface area contributed by atoms with Crippen molar-refractivity contribution >= 4 is 22.9 Å². The SMILES string of the molecule is Clc1cnc(CN2CCCC2C2CCCN2)s1. The summed E-state index contributed by atoms with van der Waals surface area (Å²) >= 11 is 7.55. The fourth-order valence-electron chi connectivity index (χ4n) is 3.08. The lowest BCUT2D eigenvalue weighted by molar-refractivity contribution is 0.206. The molecule has 1 aromatic rings. The highest BCUT2D eigenvalue weighted by Crippen LogP contribution is 2.28. The van der Waals surface area contributed by atoms with Crippen LogP contribution in [0.15, 0.2) is 6.20 Å². The summed E-state index contributed by atoms with van der Waals surface area (Å²) in [7, 11) is 0. The summed E-state index contributed by atoms with van der Waals surface area (Å²) in [6, 6.07) is 1.41. The molecule has 1 aromatic heterocycles. The first-order chi connectivity index (χ1) is 8.33. The predicted octanol–water partition coefficient (Wildman–Crippen LogP) is 2.51. The first-order valence-electron chi connectivity index (χ1n) is 6.40. The Bertz CT molecular complexity index is 376. The molecule has 2 unspecified atom stereocenters. The van der Waals surface area contributed by atoms with Crippen LogP contribution >= 0.6 is 22.9 Å². The quantitative estimate of drug-likeness (QED) is 0.916. The molecule has 3 heterocycles. The summed E-state index contributed by atoms with van der Waals surface area (Å²) in [4.78, 5) is 6.95. The lowest BCUT2D eigenvalue weighted by Gasteiger charge is -2.28. The van der Waals surface area contributed by atoms with Gasteiger partial charge in [0.25, 0.3) is 0 Å². The van der Waals surface area contributed by atoms with Crippen molar-refractivity contribution in [2.24, 2.45) is 0 Å². The number of hydrogen-bond donors (Lipinski definition) is 1. The summed E-state index contributed by atoms with van der Waals surface area (Å²) in [6.07, 6.45) is 7.08. The van der Waals surface area contributed by atoms with Crippen LogP contribution in [0, 0.1) is 0 Å². The van der Waals surface area contributed by atoms with Crippen LogP contribution in [0.25, 0.3) is 0 Å². The molecule has 0 saturated carbocycles. The maximum Gasteiger partial charge on any atom is 0.113 e. The highest BCUT2D eigenvalue weighted by atomic mass is 35.5. The molecule has 94 valence electrons. The maximum atomic E-state index is 5.93. The Morgan fingerprint density at radius 2 is 2.41 bits per heavy atom. The van der Waals surface area contributed by atoms with Gasteiger partial charge in [-0.3, -0.25) is 4.90 Å². The van der Waals surface area contributed by atoms with Gasteiger partial charge in [0, 0.05) is 12.1 Å². The topological polar surface area (TPSA) is 28.2 Å². The van der Waals surface area contributed by atoms with Crippen molar-refractivity contribution in [3.8, 4) is 0 Å². The smallest absolute Gasteiger partial charge is 0.113 e. The third-order valence-corrected chi connectivity index (χ3v) is 4.94. The van der Waals surface area contributed by atoms with Gasteiger partial charge in [0.1, 0.15) is 9.34 Å². The van der Waals surface area contributed by atoms with Crippen LogP contribution in [0.5, 0.6) is 0 Å². The largest absolute Gasteiger partial charge is 0.312 e. The first-order valence-corrected chi connectivity index (χ1v) is 7.60. The van der Waals surface area contributed by atoms with Crippen LogP contribution in [-0.4, -0.2) is 35.1 Å². The second-order valence-electron chi connectivity index (χ2n) is 4.94. The lowest BCUT2D eigenvalue weighted by Crippen LogP contribution is -2.43. The van der Waals surface area contributed by atoms with E-state index in [1.54, 1.807) is 17.5 Å². The zero-order chi connectivity index (χ0) is 11.7. The number of halogens is 1. The summed E-state index contributed by atoms with van der Waals surface area (Å²) in [5.74, 6) is 0. The van der Waals surface area contributed by atoms with Gasteiger partial charge in [-0.25, -0.2) is 4.98 Å². The molecule has 5 heteroatoms. The molecule has 0 aliphatic carbocycles. The standard InChI is InChI=1S/C12H18ClN3S/c13-11-7-15-12(17-11)8-16-6-2-4-10(16)9-3-1-5-14-9/h7,9-10,14H,1-6,8H2. The van der Waals surface area contributed by atoms with Gasteiger partial charge in [-0.15, -0.1) is 11.3 Å². The fraction of sp³-hybridized carbons (Fsp3) is 0.750. The maximum absolute atomic E-state index is 5.93. The van der Waals surface area contributed by atoms with Gasteiger partial charge in [-0.2, -0.15) is 0 Å². The zero-order valence-electron chi connectivity index (χ0n) is 9.86. The van der Waals surface area contributed by atoms with Crippen LogP contribution in [0.4, 0.5) is 0 Å². The summed E-state index contributed by atoms with van der Waals surface area (Å²) in [5, 5.41) is 4.79. The van der Waals surface area contributed by atoms with Crippen LogP contribution in [0.3, 0.4) is 0 Å². The molecule has 2 saturated heterocycles. The molecule has 2 fully saturated rings. The summed E-state index contributed by atoms with van der Waals surface area (Å²) in [6.45, 7) is 3.37. The first kappa shape index (κ1) is 11.9. The Hall–Kier alpha value is -0.160. The minimum Gasteiger partial charge on any atom is -0.312 e. The van der Waals surface area contributed by atoms with E-state index in [1.807, 2.05) is 0 Å². The highest BCUT2D eigenvalue weighted by molar-refractivity contribution is 7.15. The van der Waals surface area contributed by atoms with Crippen molar-refractivity contribution in [2.75, 3.05) is 13.1 Å². The van der Waals surface area contributed by atoms with Crippen LogP contribution in [-0.2, 0) is 6.54 Å². The van der Waals surface area contributed by atoms with Crippen molar-refractivity contribution in [2.45, 2.75) is 44.3 Å². The summed E-state index contributed by atoms with van der Waals surface area (Å²) in [5.41, 5.74) is 0. The monoisotopic (exact) mass is 271 g/mol. The molecule has 2 atom stereocenters. The minimum absolute atomic E-state index is 0.702. The second-order valence-corrected chi connectivity index (χ2v) is 6.69. The normalized spacial score (nSPS) is 30.2. The molecule has 0 radical (unpaired) electrons. The predicted molar refractivity (Wildman–Crippen MR) is 71.6 cm³/mol. The third kappa shape index (κ3) is 2.65. The molecular formula is C12H18ClN3S. The molecule has 0 aromatic carbocycles. The third-order valence-electron chi connectivity index (χ3n) is 3.84. The number of nitrogens with one attached hydrogen (secondary N) is 1. The van der Waals surface area contributed by atoms with E-state index in [2.05, 4.69) is 15.2 Å². The molecule has 0 amide bonds. The van der Waals surface area contributed by atoms with E-state index >= 15 is 0 Å². The lowest BCUT2D eigenvalue weighted by atomic mass is 10.0. The van der Waals surface area contributed by atoms with Gasteiger partial charge in [-0.1, -0.05) is 11.6 Å². The van der Waals surface area contributed by atoms with Gasteiger partial charge in [-0.05, 0) is 38.8 Å². The highest BCUT2D eigenvalue weighted by Gasteiger charge is 2.33. The van der Waals surface area contributed by atoms with Crippen LogP contribution in [0.1, 0.15) is 30.7 Å². The van der Waals surface area contributed by atoms with Crippen molar-refractivity contribution in [3.05, 3.63) is 15.5 Å². The van der Waals surface area contributed by atoms with E-state index in [0.29, 0.717) is 12.1 Å². The van der Waals surface area contributed by atoms with E-state index in [4.69, 9.17) is 11.6 Å². The van der Waals surface area contributed by atoms with Crippen LogP contribution in [0.2, 0.25) is 4.34 Å². The van der Waals surface area contributed by atoms with E-state index in [0.717, 1.165) is 15.9 Å². The Morgan fingerprint density at radius 3 is 3.12 bits per heavy atom. The second kappa shape index (κ2) is 5.22. The number of aromatic nitrogens is 1. The Morgan fingerprint density at radius 1 is 1.47 bits per heavy atom. The number of likely N-dealkylation sites (tertiary alicyclic amines) is 1. The number of thiazole rings is 1. The molecule has 17 heavy (non-hydrogen) atoms. The average Bonchev–Trinajstić information content (AvgIpc) is 3.00. The van der Waals surface area contributed by atoms with E-state index in [9.17, 15) is 0 Å². The number of rotatable bonds is 3. The van der Waals surface area contributed by atoms with Crippen molar-refractivity contribution in [1.29, 1.82) is 0 Å². The fourth-order valence-corrected chi connectivity index (χ4v) is 4.06. The Labute approximate surface area is 111 Å². The molecule has 0 bridgehead atoms. The van der Waals surface area contributed by atoms with Gasteiger partial charge in [0.2, 0.25) is 0 Å². The minimum atomic E-state index is 0.702. The van der Waals surface area contributed by atoms with E-state index < -0.39 is 0 Å². The number of nitrogens with zero attached hydrogens (tertiary/aromatic N) is 2. The van der Waals surface area contributed by atoms with Crippen LogP contribution < -0.4 is 5.32 Å². The van der Waals surface area contributed by atoms with Crippen molar-refractivity contribution in [1.82, 2.24) is 15.2 Å². The molecule has 1 N–H and O–H groups in total. The van der Waals surface area contributed by atoms with Gasteiger partial charge in [0.15, 0.2) is 0 Å². The molecule has 2 aliphatic heterocycles. The Kier molecular flexibility index (Phi) is 3.66. The van der Waals surface area contributed by atoms with Gasteiger partial charge in [0.05, 0.1) is 12.7 Å². The average molecular weight is 272 g/mol. The molecule has 2 aliphatic rings. The molecule has 3 nitrogen and oxygen atoms in total. The molecule has 3 rings (SSSR count). The van der Waals surface area contributed by atoms with Gasteiger partial charge < -0.3 is 5.32 Å². The molecule has 0 spiro atoms. The van der Waals surface area contributed by atoms with Crippen molar-refractivity contribution < 1.29 is 0 Å². The molecular weight excluding hydrogens is 254 g/mol. The van der Waals surface area contributed by atoms with Gasteiger partial charge >= 0.3 is 0 Å². The van der Waals surface area contributed by atoms with E-state index in [-0.39, 0.29) is 0 Å².